The Balaban J connectivity index is 2.07. The number of thioether (sulfide) groups is 1. The lowest BCUT2D eigenvalue weighted by molar-refractivity contribution is -0.127. The van der Waals surface area contributed by atoms with E-state index in [0.29, 0.717) is 13.0 Å². The average molecular weight is 278 g/mol. The first kappa shape index (κ1) is 13.9. The molecule has 2 rings (SSSR count). The summed E-state index contributed by atoms with van der Waals surface area (Å²) < 4.78 is 0. The van der Waals surface area contributed by atoms with Gasteiger partial charge in [0.05, 0.1) is 6.54 Å². The van der Waals surface area contributed by atoms with E-state index in [1.54, 1.807) is 11.8 Å². The number of carbonyl (C=O) groups is 2. The minimum absolute atomic E-state index is 0.109. The molecule has 3 amide bonds. The zero-order valence-electron chi connectivity index (χ0n) is 11.2. The summed E-state index contributed by atoms with van der Waals surface area (Å²) in [5.74, 6) is 0.761. The normalized spacial score (nSPS) is 18.8. The Hall–Kier alpha value is -1.49. The monoisotopic (exact) mass is 278 g/mol. The van der Waals surface area contributed by atoms with Crippen molar-refractivity contribution in [1.29, 1.82) is 0 Å². The number of urea groups is 1. The highest BCUT2D eigenvalue weighted by molar-refractivity contribution is 7.98. The molecule has 4 nitrogen and oxygen atoms in total. The third-order valence-corrected chi connectivity index (χ3v) is 3.95. The Morgan fingerprint density at radius 3 is 2.74 bits per heavy atom. The largest absolute Gasteiger partial charge is 0.326 e. The van der Waals surface area contributed by atoms with Crippen LogP contribution in [0.3, 0.4) is 0 Å². The van der Waals surface area contributed by atoms with Crippen molar-refractivity contribution in [3.05, 3.63) is 35.4 Å². The number of carbonyl (C=O) groups excluding carboxylic acids is 2. The molecule has 0 aliphatic carbocycles. The Morgan fingerprint density at radius 2 is 2.05 bits per heavy atom. The van der Waals surface area contributed by atoms with Crippen LogP contribution in [0, 0.1) is 6.92 Å². The predicted molar refractivity (Wildman–Crippen MR) is 77.0 cm³/mol. The van der Waals surface area contributed by atoms with Crippen LogP contribution in [0.4, 0.5) is 4.79 Å². The van der Waals surface area contributed by atoms with E-state index in [-0.39, 0.29) is 18.0 Å². The van der Waals surface area contributed by atoms with E-state index < -0.39 is 0 Å². The van der Waals surface area contributed by atoms with Gasteiger partial charge in [-0.05, 0) is 36.5 Å². The number of imide groups is 1. The zero-order chi connectivity index (χ0) is 13.8. The lowest BCUT2D eigenvalue weighted by Gasteiger charge is -2.14. The summed E-state index contributed by atoms with van der Waals surface area (Å²) in [6.07, 6.45) is 2.68. The second-order valence-corrected chi connectivity index (χ2v) is 5.62. The van der Waals surface area contributed by atoms with Crippen LogP contribution >= 0.6 is 11.8 Å². The van der Waals surface area contributed by atoms with Gasteiger partial charge in [0.2, 0.25) is 0 Å². The van der Waals surface area contributed by atoms with Gasteiger partial charge < -0.3 is 5.32 Å². The van der Waals surface area contributed by atoms with E-state index in [2.05, 4.69) is 5.32 Å². The Morgan fingerprint density at radius 1 is 1.32 bits per heavy atom. The van der Waals surface area contributed by atoms with Crippen LogP contribution in [-0.2, 0) is 11.3 Å². The molecule has 1 aliphatic rings. The highest BCUT2D eigenvalue weighted by atomic mass is 32.2. The molecule has 0 unspecified atom stereocenters. The van der Waals surface area contributed by atoms with Crippen LogP contribution in [0.25, 0.3) is 0 Å². The highest BCUT2D eigenvalue weighted by Crippen LogP contribution is 2.17. The molecule has 19 heavy (non-hydrogen) atoms. The quantitative estimate of drug-likeness (QED) is 0.840. The smallest absolute Gasteiger partial charge is 0.325 e. The molecule has 1 atom stereocenters. The van der Waals surface area contributed by atoms with Crippen molar-refractivity contribution in [2.45, 2.75) is 25.9 Å². The number of rotatable bonds is 5. The third-order valence-electron chi connectivity index (χ3n) is 3.31. The summed E-state index contributed by atoms with van der Waals surface area (Å²) in [5.41, 5.74) is 2.10. The highest BCUT2D eigenvalue weighted by Gasteiger charge is 2.37. The first-order valence-electron chi connectivity index (χ1n) is 6.29. The molecule has 1 heterocycles. The molecule has 1 fully saturated rings. The molecule has 1 saturated heterocycles. The maximum absolute atomic E-state index is 12.2. The molecule has 0 saturated carbocycles. The molecule has 1 N–H and O–H groups in total. The number of benzene rings is 1. The Labute approximate surface area is 117 Å². The molecule has 102 valence electrons. The van der Waals surface area contributed by atoms with Gasteiger partial charge in [0.15, 0.2) is 0 Å². The molecule has 0 aromatic heterocycles. The summed E-state index contributed by atoms with van der Waals surface area (Å²) in [7, 11) is 0. The molecule has 1 aromatic rings. The van der Waals surface area contributed by atoms with Gasteiger partial charge in [-0.1, -0.05) is 24.3 Å². The van der Waals surface area contributed by atoms with Gasteiger partial charge in [0.25, 0.3) is 5.91 Å². The molecule has 1 aromatic carbocycles. The SMILES string of the molecule is CSCC[C@@H]1NC(=O)N(Cc2ccccc2C)C1=O. The number of aryl methyl sites for hydroxylation is 1. The fourth-order valence-corrected chi connectivity index (χ4v) is 2.59. The second kappa shape index (κ2) is 6.10. The molecule has 0 spiro atoms. The van der Waals surface area contributed by atoms with Crippen molar-refractivity contribution >= 4 is 23.7 Å². The van der Waals surface area contributed by atoms with E-state index in [4.69, 9.17) is 0 Å². The van der Waals surface area contributed by atoms with Crippen LogP contribution in [-0.4, -0.2) is 34.9 Å². The number of nitrogens with zero attached hydrogens (tertiary/aromatic N) is 1. The van der Waals surface area contributed by atoms with Crippen LogP contribution in [0.15, 0.2) is 24.3 Å². The van der Waals surface area contributed by atoms with Crippen molar-refractivity contribution in [3.8, 4) is 0 Å². The zero-order valence-corrected chi connectivity index (χ0v) is 12.0. The van der Waals surface area contributed by atoms with E-state index in [0.717, 1.165) is 16.9 Å². The number of hydrogen-bond acceptors (Lipinski definition) is 3. The maximum Gasteiger partial charge on any atom is 0.325 e. The van der Waals surface area contributed by atoms with Crippen LogP contribution in [0.5, 0.6) is 0 Å². The first-order chi connectivity index (χ1) is 9.13. The standard InChI is InChI=1S/C14H18N2O2S/c1-10-5-3-4-6-11(10)9-16-13(17)12(7-8-19-2)15-14(16)18/h3-6,12H,7-9H2,1-2H3,(H,15,18)/t12-/m0/s1. The fourth-order valence-electron chi connectivity index (χ4n) is 2.12. The summed E-state index contributed by atoms with van der Waals surface area (Å²) in [6, 6.07) is 7.17. The van der Waals surface area contributed by atoms with Crippen molar-refractivity contribution in [2.24, 2.45) is 0 Å². The van der Waals surface area contributed by atoms with Gasteiger partial charge in [0, 0.05) is 0 Å². The van der Waals surface area contributed by atoms with E-state index in [9.17, 15) is 9.59 Å². The van der Waals surface area contributed by atoms with Gasteiger partial charge >= 0.3 is 6.03 Å². The fraction of sp³-hybridized carbons (Fsp3) is 0.429. The van der Waals surface area contributed by atoms with E-state index >= 15 is 0 Å². The van der Waals surface area contributed by atoms with E-state index in [1.165, 1.54) is 4.90 Å². The van der Waals surface area contributed by atoms with Gasteiger partial charge in [-0.2, -0.15) is 11.8 Å². The third kappa shape index (κ3) is 3.10. The molecule has 0 radical (unpaired) electrons. The minimum Gasteiger partial charge on any atom is -0.326 e. The minimum atomic E-state index is -0.357. The molecule has 0 bridgehead atoms. The lowest BCUT2D eigenvalue weighted by atomic mass is 10.1. The Kier molecular flexibility index (Phi) is 4.47. The Bertz CT molecular complexity index is 490. The average Bonchev–Trinajstić information content (AvgIpc) is 2.66. The van der Waals surface area contributed by atoms with Gasteiger partial charge in [-0.15, -0.1) is 0 Å². The number of hydrogen-bond donors (Lipinski definition) is 1. The number of nitrogens with one attached hydrogen (secondary N) is 1. The second-order valence-electron chi connectivity index (χ2n) is 4.63. The van der Waals surface area contributed by atoms with Crippen LogP contribution in [0.2, 0.25) is 0 Å². The van der Waals surface area contributed by atoms with Crippen molar-refractivity contribution in [3.63, 3.8) is 0 Å². The molecular weight excluding hydrogens is 260 g/mol. The lowest BCUT2D eigenvalue weighted by Crippen LogP contribution is -2.31. The topological polar surface area (TPSA) is 49.4 Å². The summed E-state index contributed by atoms with van der Waals surface area (Å²) in [4.78, 5) is 25.3. The molecular formula is C14H18N2O2S. The summed E-state index contributed by atoms with van der Waals surface area (Å²) in [5, 5.41) is 2.75. The van der Waals surface area contributed by atoms with Gasteiger partial charge in [-0.3, -0.25) is 9.69 Å². The van der Waals surface area contributed by atoms with Crippen LogP contribution < -0.4 is 5.32 Å². The van der Waals surface area contributed by atoms with E-state index in [1.807, 2.05) is 37.4 Å². The van der Waals surface area contributed by atoms with Gasteiger partial charge in [-0.25, -0.2) is 4.79 Å². The summed E-state index contributed by atoms with van der Waals surface area (Å²) >= 11 is 1.68. The van der Waals surface area contributed by atoms with Crippen molar-refractivity contribution < 1.29 is 9.59 Å². The maximum atomic E-state index is 12.2. The predicted octanol–water partition coefficient (Wildman–Crippen LogP) is 2.17. The first-order valence-corrected chi connectivity index (χ1v) is 7.68. The van der Waals surface area contributed by atoms with Crippen molar-refractivity contribution in [2.75, 3.05) is 12.0 Å². The van der Waals surface area contributed by atoms with Gasteiger partial charge in [0.1, 0.15) is 6.04 Å². The number of amides is 3. The molecule has 5 heteroatoms. The van der Waals surface area contributed by atoms with Crippen LogP contribution in [0.1, 0.15) is 17.5 Å². The summed E-state index contributed by atoms with van der Waals surface area (Å²) in [6.45, 7) is 2.34. The van der Waals surface area contributed by atoms with Crippen molar-refractivity contribution in [1.82, 2.24) is 10.2 Å². The molecule has 1 aliphatic heterocycles.